The molecule has 10 aromatic carbocycles. The fourth-order valence-electron chi connectivity index (χ4n) is 9.46. The van der Waals surface area contributed by atoms with E-state index in [1.165, 1.54) is 64.6 Å². The van der Waals surface area contributed by atoms with Crippen molar-refractivity contribution >= 4 is 64.6 Å². The first kappa shape index (κ1) is 34.2. The summed E-state index contributed by atoms with van der Waals surface area (Å²) in [5.74, 6) is 1.88. The highest BCUT2D eigenvalue weighted by Crippen LogP contribution is 2.45. The summed E-state index contributed by atoms with van der Waals surface area (Å²) < 4.78 is 0. The number of nitrogens with zero attached hydrogens (tertiary/aromatic N) is 4. The summed E-state index contributed by atoms with van der Waals surface area (Å²) in [6, 6.07) is 65.6. The van der Waals surface area contributed by atoms with Crippen LogP contribution in [0.25, 0.3) is 121 Å². The average Bonchev–Trinajstić information content (AvgIpc) is 3.30. The molecule has 280 valence electrons. The molecular weight excluding hydrogens is 729 g/mol. The zero-order valence-corrected chi connectivity index (χ0v) is 33.1. The van der Waals surface area contributed by atoms with Crippen molar-refractivity contribution in [2.45, 2.75) is 13.8 Å². The van der Waals surface area contributed by atoms with Gasteiger partial charge >= 0.3 is 0 Å². The second-order valence-electron chi connectivity index (χ2n) is 15.9. The summed E-state index contributed by atoms with van der Waals surface area (Å²) in [7, 11) is 0. The molecule has 0 unspecified atom stereocenters. The third-order valence-corrected chi connectivity index (χ3v) is 12.2. The Hall–Kier alpha value is -7.82. The number of pyridine rings is 1. The number of rotatable bonds is 5. The number of benzene rings is 9. The standard InChI is InChI=1S/C56H36N4/c1-33-22-27-45(34(2)57-33)43-29-41(30-44(31-43)56-59-54(38-12-5-3-6-13-38)58-55(60-56)39-14-7-4-8-15-39)42-28-40-26-25-37-17-10-20-47-46-19-9-16-35-23-24-36-18-11-21-48(52(36)50(35)46)49(32-42)53(40)51(37)47/h3-32H,1-2H3. The highest BCUT2D eigenvalue weighted by molar-refractivity contribution is 6.37. The third-order valence-electron chi connectivity index (χ3n) is 12.2. The summed E-state index contributed by atoms with van der Waals surface area (Å²) in [5, 5.41) is 15.1. The molecular formula is C56H36N4. The van der Waals surface area contributed by atoms with E-state index < -0.39 is 0 Å². The Kier molecular flexibility index (Phi) is 7.63. The van der Waals surface area contributed by atoms with Crippen LogP contribution < -0.4 is 0 Å². The van der Waals surface area contributed by atoms with Gasteiger partial charge in [0, 0.05) is 33.6 Å². The van der Waals surface area contributed by atoms with Crippen molar-refractivity contribution in [3.8, 4) is 56.4 Å². The van der Waals surface area contributed by atoms with Gasteiger partial charge in [0.15, 0.2) is 17.5 Å². The SMILES string of the molecule is Cc1ccc(-c2cc(-c3cc4ccc5cccc6c7cccc8ccc9cccc(c(c3)c4c56)c9c87)cc(-c3nc(-c4ccccc4)nc(-c4ccccc4)n3)c2)c(C)n1. The van der Waals surface area contributed by atoms with Gasteiger partial charge in [-0.15, -0.1) is 0 Å². The lowest BCUT2D eigenvalue weighted by atomic mass is 9.86. The van der Waals surface area contributed by atoms with Crippen molar-refractivity contribution < 1.29 is 0 Å². The molecule has 0 aliphatic carbocycles. The van der Waals surface area contributed by atoms with Crippen LogP contribution in [0.3, 0.4) is 0 Å². The van der Waals surface area contributed by atoms with Gasteiger partial charge in [-0.3, -0.25) is 4.98 Å². The van der Waals surface area contributed by atoms with Gasteiger partial charge in [0.05, 0.1) is 0 Å². The Morgan fingerprint density at radius 1 is 0.283 bits per heavy atom. The van der Waals surface area contributed by atoms with Gasteiger partial charge in [0.25, 0.3) is 0 Å². The summed E-state index contributed by atoms with van der Waals surface area (Å²) in [6.45, 7) is 4.13. The van der Waals surface area contributed by atoms with Crippen molar-refractivity contribution in [2.24, 2.45) is 0 Å². The van der Waals surface area contributed by atoms with Crippen molar-refractivity contribution in [3.63, 3.8) is 0 Å². The van der Waals surface area contributed by atoms with Crippen LogP contribution in [0.5, 0.6) is 0 Å². The molecule has 0 bridgehead atoms. The van der Waals surface area contributed by atoms with Gasteiger partial charge in [0.1, 0.15) is 0 Å². The van der Waals surface area contributed by atoms with Crippen LogP contribution in [0, 0.1) is 13.8 Å². The van der Waals surface area contributed by atoms with Crippen LogP contribution >= 0.6 is 0 Å². The first-order valence-corrected chi connectivity index (χ1v) is 20.5. The lowest BCUT2D eigenvalue weighted by Crippen LogP contribution is -2.01. The maximum absolute atomic E-state index is 5.19. The van der Waals surface area contributed by atoms with Gasteiger partial charge < -0.3 is 0 Å². The number of aromatic nitrogens is 4. The van der Waals surface area contributed by atoms with E-state index in [2.05, 4.69) is 153 Å². The summed E-state index contributed by atoms with van der Waals surface area (Å²) in [6.07, 6.45) is 0. The molecule has 4 heteroatoms. The van der Waals surface area contributed by atoms with Gasteiger partial charge in [0.2, 0.25) is 0 Å². The predicted molar refractivity (Wildman–Crippen MR) is 250 cm³/mol. The van der Waals surface area contributed by atoms with Crippen LogP contribution in [0.15, 0.2) is 182 Å². The Labute approximate surface area is 346 Å². The molecule has 12 aromatic rings. The molecule has 0 atom stereocenters. The van der Waals surface area contributed by atoms with E-state index in [0.29, 0.717) is 17.5 Å². The van der Waals surface area contributed by atoms with E-state index >= 15 is 0 Å². The minimum absolute atomic E-state index is 0.614. The Balaban J connectivity index is 1.19. The number of hydrogen-bond acceptors (Lipinski definition) is 4. The van der Waals surface area contributed by atoms with Crippen LogP contribution in [0.2, 0.25) is 0 Å². The van der Waals surface area contributed by atoms with E-state index in [9.17, 15) is 0 Å². The summed E-state index contributed by atoms with van der Waals surface area (Å²) >= 11 is 0. The summed E-state index contributed by atoms with van der Waals surface area (Å²) in [5.41, 5.74) is 9.06. The van der Waals surface area contributed by atoms with E-state index in [0.717, 1.165) is 50.3 Å². The fraction of sp³-hybridized carbons (Fsp3) is 0.0357. The molecule has 0 saturated heterocycles. The number of hydrogen-bond donors (Lipinski definition) is 0. The third kappa shape index (κ3) is 5.45. The quantitative estimate of drug-likeness (QED) is 0.164. The first-order chi connectivity index (χ1) is 29.5. The topological polar surface area (TPSA) is 51.6 Å². The van der Waals surface area contributed by atoms with Crippen LogP contribution in [-0.4, -0.2) is 19.9 Å². The normalized spacial score (nSPS) is 11.8. The van der Waals surface area contributed by atoms with Crippen molar-refractivity contribution in [1.29, 1.82) is 0 Å². The molecule has 0 spiro atoms. The summed E-state index contributed by atoms with van der Waals surface area (Å²) in [4.78, 5) is 20.3. The molecule has 0 N–H and O–H groups in total. The van der Waals surface area contributed by atoms with Gasteiger partial charge in [-0.2, -0.15) is 0 Å². The Bertz CT molecular complexity index is 3610. The lowest BCUT2D eigenvalue weighted by Gasteiger charge is -2.18. The highest BCUT2D eigenvalue weighted by atomic mass is 15.0. The molecule has 0 aliphatic rings. The number of aryl methyl sites for hydroxylation is 2. The van der Waals surface area contributed by atoms with Gasteiger partial charge in [-0.25, -0.2) is 15.0 Å². The second-order valence-corrected chi connectivity index (χ2v) is 15.9. The van der Waals surface area contributed by atoms with E-state index in [-0.39, 0.29) is 0 Å². The molecule has 2 aromatic heterocycles. The van der Waals surface area contributed by atoms with Crippen LogP contribution in [0.1, 0.15) is 11.4 Å². The molecule has 12 rings (SSSR count). The van der Waals surface area contributed by atoms with Crippen molar-refractivity contribution in [3.05, 3.63) is 193 Å². The molecule has 2 heterocycles. The van der Waals surface area contributed by atoms with Gasteiger partial charge in [-0.05, 0) is 132 Å². The molecule has 0 amide bonds. The highest BCUT2D eigenvalue weighted by Gasteiger charge is 2.19. The molecule has 0 fully saturated rings. The monoisotopic (exact) mass is 764 g/mol. The van der Waals surface area contributed by atoms with Crippen molar-refractivity contribution in [1.82, 2.24) is 19.9 Å². The van der Waals surface area contributed by atoms with Gasteiger partial charge in [-0.1, -0.05) is 146 Å². The largest absolute Gasteiger partial charge is 0.258 e. The number of fused-ring (bicyclic) bond motifs is 2. The average molecular weight is 765 g/mol. The van der Waals surface area contributed by atoms with E-state index in [1.807, 2.05) is 43.3 Å². The van der Waals surface area contributed by atoms with Crippen LogP contribution in [-0.2, 0) is 0 Å². The minimum atomic E-state index is 0.614. The van der Waals surface area contributed by atoms with Crippen LogP contribution in [0.4, 0.5) is 0 Å². The maximum atomic E-state index is 5.19. The minimum Gasteiger partial charge on any atom is -0.258 e. The Morgan fingerprint density at radius 2 is 0.733 bits per heavy atom. The van der Waals surface area contributed by atoms with E-state index in [1.54, 1.807) is 0 Å². The fourth-order valence-corrected chi connectivity index (χ4v) is 9.46. The smallest absolute Gasteiger partial charge is 0.164 e. The Morgan fingerprint density at radius 3 is 1.28 bits per heavy atom. The molecule has 4 nitrogen and oxygen atoms in total. The molecule has 0 aliphatic heterocycles. The van der Waals surface area contributed by atoms with Crippen molar-refractivity contribution in [2.75, 3.05) is 0 Å². The molecule has 0 saturated carbocycles. The molecule has 60 heavy (non-hydrogen) atoms. The van der Waals surface area contributed by atoms with E-state index in [4.69, 9.17) is 19.9 Å². The molecule has 0 radical (unpaired) electrons. The zero-order chi connectivity index (χ0) is 39.9. The zero-order valence-electron chi connectivity index (χ0n) is 33.1. The second kappa shape index (κ2) is 13.4. The first-order valence-electron chi connectivity index (χ1n) is 20.5. The predicted octanol–water partition coefficient (Wildman–Crippen LogP) is 14.6. The lowest BCUT2D eigenvalue weighted by molar-refractivity contribution is 1.07. The maximum Gasteiger partial charge on any atom is 0.164 e.